The summed E-state index contributed by atoms with van der Waals surface area (Å²) in [7, 11) is -3.62. The number of sulfonamides is 1. The number of thiazole rings is 1. The zero-order valence-electron chi connectivity index (χ0n) is 12.8. The van der Waals surface area contributed by atoms with Gasteiger partial charge in [-0.05, 0) is 34.1 Å². The molecule has 0 aliphatic heterocycles. The van der Waals surface area contributed by atoms with Gasteiger partial charge < -0.3 is 0 Å². The highest BCUT2D eigenvalue weighted by Gasteiger charge is 2.27. The molecule has 0 unspecified atom stereocenters. The van der Waals surface area contributed by atoms with Gasteiger partial charge in [-0.25, -0.2) is 18.1 Å². The first-order valence-corrected chi connectivity index (χ1v) is 9.04. The Kier molecular flexibility index (Phi) is 4.50. The van der Waals surface area contributed by atoms with Crippen molar-refractivity contribution in [3.8, 4) is 0 Å². The molecule has 2 aromatic heterocycles. The van der Waals surface area contributed by atoms with Gasteiger partial charge >= 0.3 is 0 Å². The Labute approximate surface area is 129 Å². The summed E-state index contributed by atoms with van der Waals surface area (Å²) in [5, 5.41) is 7.46. The predicted octanol–water partition coefficient (Wildman–Crippen LogP) is 2.53. The van der Waals surface area contributed by atoms with Crippen LogP contribution in [-0.2, 0) is 10.0 Å². The van der Waals surface area contributed by atoms with E-state index in [0.717, 1.165) is 15.6 Å². The quantitative estimate of drug-likeness (QED) is 0.883. The van der Waals surface area contributed by atoms with Gasteiger partial charge in [0.15, 0.2) is 0 Å². The first-order valence-electron chi connectivity index (χ1n) is 6.74. The Morgan fingerprint density at radius 2 is 1.90 bits per heavy atom. The van der Waals surface area contributed by atoms with E-state index in [1.807, 2.05) is 20.8 Å². The maximum absolute atomic E-state index is 12.6. The molecule has 0 aromatic carbocycles. The summed E-state index contributed by atoms with van der Waals surface area (Å²) in [6, 6.07) is -0.318. The van der Waals surface area contributed by atoms with Gasteiger partial charge in [0.25, 0.3) is 0 Å². The minimum Gasteiger partial charge on any atom is -0.281 e. The van der Waals surface area contributed by atoms with Crippen molar-refractivity contribution >= 4 is 21.4 Å². The third-order valence-corrected chi connectivity index (χ3v) is 6.30. The minimum absolute atomic E-state index is 0.228. The van der Waals surface area contributed by atoms with Crippen LogP contribution in [0.15, 0.2) is 4.90 Å². The third kappa shape index (κ3) is 3.17. The molecule has 116 valence electrons. The fraction of sp³-hybridized carbons (Fsp3) is 0.538. The fourth-order valence-electron chi connectivity index (χ4n) is 2.14. The lowest BCUT2D eigenvalue weighted by Crippen LogP contribution is -2.29. The normalized spacial score (nSPS) is 13.6. The Hall–Kier alpha value is -1.25. The number of aromatic nitrogens is 3. The average molecular weight is 328 g/mol. The molecule has 8 heteroatoms. The van der Waals surface area contributed by atoms with E-state index in [1.54, 1.807) is 13.8 Å². The van der Waals surface area contributed by atoms with Gasteiger partial charge in [0.2, 0.25) is 10.0 Å². The summed E-state index contributed by atoms with van der Waals surface area (Å²) in [6.45, 7) is 9.24. The average Bonchev–Trinajstić information content (AvgIpc) is 2.90. The molecule has 0 fully saturated rings. The molecule has 2 N–H and O–H groups in total. The molecule has 0 spiro atoms. The molecule has 1 atom stereocenters. The molecule has 0 radical (unpaired) electrons. The number of hydrogen-bond acceptors (Lipinski definition) is 5. The largest absolute Gasteiger partial charge is 0.281 e. The van der Waals surface area contributed by atoms with Gasteiger partial charge in [-0.15, -0.1) is 11.3 Å². The van der Waals surface area contributed by atoms with Crippen molar-refractivity contribution in [2.24, 2.45) is 0 Å². The van der Waals surface area contributed by atoms with Crippen LogP contribution >= 0.6 is 11.3 Å². The first-order chi connectivity index (χ1) is 9.76. The number of hydrogen-bond donors (Lipinski definition) is 2. The number of nitrogens with zero attached hydrogens (tertiary/aromatic N) is 2. The highest BCUT2D eigenvalue weighted by molar-refractivity contribution is 7.89. The number of nitrogens with one attached hydrogen (secondary N) is 2. The molecule has 21 heavy (non-hydrogen) atoms. The van der Waals surface area contributed by atoms with Crippen molar-refractivity contribution in [2.75, 3.05) is 0 Å². The molecular weight excluding hydrogens is 308 g/mol. The van der Waals surface area contributed by atoms with E-state index in [4.69, 9.17) is 0 Å². The van der Waals surface area contributed by atoms with E-state index in [-0.39, 0.29) is 10.9 Å². The van der Waals surface area contributed by atoms with Gasteiger partial charge in [0.05, 0.1) is 23.1 Å². The first kappa shape index (κ1) is 16.1. The highest BCUT2D eigenvalue weighted by atomic mass is 32.2. The number of rotatable bonds is 5. The molecule has 0 saturated heterocycles. The van der Waals surface area contributed by atoms with E-state index in [0.29, 0.717) is 17.8 Å². The molecular formula is C13H20N4O2S2. The van der Waals surface area contributed by atoms with Crippen LogP contribution in [0, 0.1) is 27.7 Å². The number of H-pyrrole nitrogens is 1. The highest BCUT2D eigenvalue weighted by Crippen LogP contribution is 2.27. The van der Waals surface area contributed by atoms with Crippen molar-refractivity contribution in [1.82, 2.24) is 19.9 Å². The molecule has 2 aromatic rings. The number of aromatic amines is 1. The second-order valence-corrected chi connectivity index (χ2v) is 7.92. The second-order valence-electron chi connectivity index (χ2n) is 5.04. The zero-order valence-corrected chi connectivity index (χ0v) is 14.4. The van der Waals surface area contributed by atoms with Crippen LogP contribution in [0.1, 0.15) is 46.4 Å². The summed E-state index contributed by atoms with van der Waals surface area (Å²) in [5.74, 6) is 0. The van der Waals surface area contributed by atoms with E-state index in [2.05, 4.69) is 19.9 Å². The Bertz CT molecular complexity index is 707. The summed E-state index contributed by atoms with van der Waals surface area (Å²) in [5.41, 5.74) is 1.96. The van der Waals surface area contributed by atoms with Crippen LogP contribution in [0.2, 0.25) is 0 Å². The van der Waals surface area contributed by atoms with E-state index in [1.165, 1.54) is 11.3 Å². The molecule has 2 heterocycles. The van der Waals surface area contributed by atoms with E-state index in [9.17, 15) is 8.42 Å². The van der Waals surface area contributed by atoms with Crippen LogP contribution in [-0.4, -0.2) is 23.6 Å². The van der Waals surface area contributed by atoms with Crippen molar-refractivity contribution < 1.29 is 8.42 Å². The summed E-state index contributed by atoms with van der Waals surface area (Å²) in [4.78, 5) is 5.80. The van der Waals surface area contributed by atoms with Gasteiger partial charge in [0.1, 0.15) is 9.90 Å². The zero-order chi connectivity index (χ0) is 15.8. The number of aryl methyl sites for hydroxylation is 4. The fourth-order valence-corrected chi connectivity index (χ4v) is 4.92. The lowest BCUT2D eigenvalue weighted by Gasteiger charge is -2.15. The molecule has 2 rings (SSSR count). The Balaban J connectivity index is 2.34. The molecule has 6 nitrogen and oxygen atoms in total. The molecule has 0 bridgehead atoms. The summed E-state index contributed by atoms with van der Waals surface area (Å²) in [6.07, 6.45) is 0.640. The van der Waals surface area contributed by atoms with Gasteiger partial charge in [0, 0.05) is 4.88 Å². The van der Waals surface area contributed by atoms with Crippen molar-refractivity contribution in [2.45, 2.75) is 52.0 Å². The Morgan fingerprint density at radius 3 is 2.33 bits per heavy atom. The second kappa shape index (κ2) is 5.86. The summed E-state index contributed by atoms with van der Waals surface area (Å²) < 4.78 is 27.9. The molecule has 0 amide bonds. The lowest BCUT2D eigenvalue weighted by molar-refractivity contribution is 0.547. The van der Waals surface area contributed by atoms with Gasteiger partial charge in [-0.3, -0.25) is 5.10 Å². The van der Waals surface area contributed by atoms with Crippen molar-refractivity contribution in [3.63, 3.8) is 0 Å². The molecule has 0 aliphatic carbocycles. The maximum atomic E-state index is 12.6. The third-order valence-electron chi connectivity index (χ3n) is 3.38. The van der Waals surface area contributed by atoms with Crippen LogP contribution in [0.4, 0.5) is 0 Å². The van der Waals surface area contributed by atoms with Crippen LogP contribution in [0.3, 0.4) is 0 Å². The maximum Gasteiger partial charge on any atom is 0.244 e. The molecule has 0 aliphatic rings. The van der Waals surface area contributed by atoms with Crippen LogP contribution in [0.5, 0.6) is 0 Å². The van der Waals surface area contributed by atoms with E-state index < -0.39 is 10.0 Å². The molecule has 0 saturated carbocycles. The SMILES string of the molecule is CC[C@@H](NS(=O)(=O)c1c(C)n[nH]c1C)c1nc(C)c(C)s1. The predicted molar refractivity (Wildman–Crippen MR) is 83.0 cm³/mol. The smallest absolute Gasteiger partial charge is 0.244 e. The van der Waals surface area contributed by atoms with Gasteiger partial charge in [-0.1, -0.05) is 6.92 Å². The Morgan fingerprint density at radius 1 is 1.24 bits per heavy atom. The van der Waals surface area contributed by atoms with E-state index >= 15 is 0 Å². The monoisotopic (exact) mass is 328 g/mol. The minimum atomic E-state index is -3.62. The standard InChI is InChI=1S/C13H20N4O2S2/c1-6-11(13-14-7(2)10(5)20-13)17-21(18,19)12-8(3)15-16-9(12)4/h11,17H,6H2,1-5H3,(H,15,16)/t11-/m1/s1. The van der Waals surface area contributed by atoms with Crippen LogP contribution < -0.4 is 4.72 Å². The topological polar surface area (TPSA) is 87.7 Å². The van der Waals surface area contributed by atoms with Crippen molar-refractivity contribution in [1.29, 1.82) is 0 Å². The van der Waals surface area contributed by atoms with Gasteiger partial charge in [-0.2, -0.15) is 5.10 Å². The summed E-state index contributed by atoms with van der Waals surface area (Å²) >= 11 is 1.53. The van der Waals surface area contributed by atoms with Crippen LogP contribution in [0.25, 0.3) is 0 Å². The van der Waals surface area contributed by atoms with Crippen molar-refractivity contribution in [3.05, 3.63) is 27.0 Å². The lowest BCUT2D eigenvalue weighted by atomic mass is 10.2.